The van der Waals surface area contributed by atoms with E-state index in [1.54, 1.807) is 0 Å². The molecule has 0 aromatic heterocycles. The van der Waals surface area contributed by atoms with Gasteiger partial charge in [-0.25, -0.2) is 0 Å². The molecule has 0 unspecified atom stereocenters. The van der Waals surface area contributed by atoms with Crippen molar-refractivity contribution < 1.29 is 0 Å². The van der Waals surface area contributed by atoms with E-state index in [0.29, 0.717) is 5.41 Å². The van der Waals surface area contributed by atoms with Crippen molar-refractivity contribution in [3.63, 3.8) is 0 Å². The molecule has 110 valence electrons. The molecule has 3 aliphatic rings. The van der Waals surface area contributed by atoms with E-state index in [2.05, 4.69) is 17.1 Å². The summed E-state index contributed by atoms with van der Waals surface area (Å²) in [6.45, 7) is 8.83. The fourth-order valence-corrected chi connectivity index (χ4v) is 3.92. The second-order valence-electron chi connectivity index (χ2n) is 7.57. The van der Waals surface area contributed by atoms with E-state index in [-0.39, 0.29) is 0 Å². The summed E-state index contributed by atoms with van der Waals surface area (Å²) in [7, 11) is 0. The lowest BCUT2D eigenvalue weighted by molar-refractivity contribution is 0.139. The van der Waals surface area contributed by atoms with Gasteiger partial charge in [0, 0.05) is 26.2 Å². The Morgan fingerprint density at radius 3 is 2.05 bits per heavy atom. The van der Waals surface area contributed by atoms with Crippen LogP contribution in [0.4, 0.5) is 0 Å². The maximum absolute atomic E-state index is 3.65. The van der Waals surface area contributed by atoms with Gasteiger partial charge in [0.1, 0.15) is 0 Å². The Hall–Kier alpha value is -0.0800. The molecule has 3 saturated carbocycles. The van der Waals surface area contributed by atoms with Crippen molar-refractivity contribution in [2.75, 3.05) is 32.7 Å². The van der Waals surface area contributed by atoms with Crippen LogP contribution in [0, 0.1) is 17.3 Å². The number of nitrogens with zero attached hydrogens (tertiary/aromatic N) is 1. The van der Waals surface area contributed by atoms with Crippen LogP contribution in [0.3, 0.4) is 0 Å². The quantitative estimate of drug-likeness (QED) is 0.687. The van der Waals surface area contributed by atoms with Gasteiger partial charge in [-0.1, -0.05) is 19.8 Å². The van der Waals surface area contributed by atoms with Crippen LogP contribution in [-0.2, 0) is 0 Å². The Morgan fingerprint density at radius 2 is 1.58 bits per heavy atom. The molecule has 0 amide bonds. The summed E-state index contributed by atoms with van der Waals surface area (Å²) >= 11 is 0. The van der Waals surface area contributed by atoms with Crippen LogP contribution in [0.1, 0.15) is 58.3 Å². The van der Waals surface area contributed by atoms with Gasteiger partial charge in [0.05, 0.1) is 0 Å². The molecule has 3 rings (SSSR count). The third-order valence-electron chi connectivity index (χ3n) is 5.40. The number of rotatable bonds is 9. The van der Waals surface area contributed by atoms with E-state index < -0.39 is 0 Å². The standard InChI is InChI=1S/C17H32N2/c1-2-18-13-17(9-3-4-10-17)14-19(11-15-5-6-15)12-16-7-8-16/h15-16,18H,2-14H2,1H3. The molecule has 19 heavy (non-hydrogen) atoms. The van der Waals surface area contributed by atoms with Gasteiger partial charge in [0.15, 0.2) is 0 Å². The lowest BCUT2D eigenvalue weighted by Gasteiger charge is -2.36. The topological polar surface area (TPSA) is 15.3 Å². The maximum atomic E-state index is 3.65. The maximum Gasteiger partial charge on any atom is 0.00504 e. The molecule has 0 aromatic rings. The highest BCUT2D eigenvalue weighted by Gasteiger charge is 2.38. The van der Waals surface area contributed by atoms with E-state index >= 15 is 0 Å². The molecule has 2 nitrogen and oxygen atoms in total. The summed E-state index contributed by atoms with van der Waals surface area (Å²) in [5.74, 6) is 2.10. The van der Waals surface area contributed by atoms with Crippen LogP contribution in [0.15, 0.2) is 0 Å². The van der Waals surface area contributed by atoms with Crippen molar-refractivity contribution in [3.8, 4) is 0 Å². The minimum atomic E-state index is 0.611. The van der Waals surface area contributed by atoms with Gasteiger partial charge in [-0.3, -0.25) is 0 Å². The van der Waals surface area contributed by atoms with Crippen molar-refractivity contribution in [1.29, 1.82) is 0 Å². The molecule has 0 spiro atoms. The highest BCUT2D eigenvalue weighted by Crippen LogP contribution is 2.41. The Morgan fingerprint density at radius 1 is 1.00 bits per heavy atom. The van der Waals surface area contributed by atoms with Crippen LogP contribution in [0.2, 0.25) is 0 Å². The van der Waals surface area contributed by atoms with Gasteiger partial charge in [0.25, 0.3) is 0 Å². The Balaban J connectivity index is 1.55. The fourth-order valence-electron chi connectivity index (χ4n) is 3.92. The largest absolute Gasteiger partial charge is 0.316 e. The summed E-state index contributed by atoms with van der Waals surface area (Å²) in [6.07, 6.45) is 11.9. The SMILES string of the molecule is CCNCC1(CN(CC2CC2)CC2CC2)CCCC1. The molecule has 3 aliphatic carbocycles. The van der Waals surface area contributed by atoms with Gasteiger partial charge in [-0.15, -0.1) is 0 Å². The normalized spacial score (nSPS) is 26.2. The average molecular weight is 264 g/mol. The van der Waals surface area contributed by atoms with Crippen molar-refractivity contribution in [2.24, 2.45) is 17.3 Å². The van der Waals surface area contributed by atoms with E-state index in [4.69, 9.17) is 0 Å². The number of hydrogen-bond acceptors (Lipinski definition) is 2. The molecule has 0 radical (unpaired) electrons. The summed E-state index contributed by atoms with van der Waals surface area (Å²) < 4.78 is 0. The second kappa shape index (κ2) is 6.13. The summed E-state index contributed by atoms with van der Waals surface area (Å²) in [6, 6.07) is 0. The van der Waals surface area contributed by atoms with Crippen molar-refractivity contribution in [2.45, 2.75) is 58.3 Å². The predicted molar refractivity (Wildman–Crippen MR) is 81.3 cm³/mol. The Kier molecular flexibility index (Phi) is 4.48. The third-order valence-corrected chi connectivity index (χ3v) is 5.40. The van der Waals surface area contributed by atoms with E-state index in [1.165, 1.54) is 77.5 Å². The zero-order valence-electron chi connectivity index (χ0n) is 12.8. The molecule has 2 heteroatoms. The molecular weight excluding hydrogens is 232 g/mol. The Bertz CT molecular complexity index is 261. The van der Waals surface area contributed by atoms with E-state index in [0.717, 1.165) is 18.4 Å². The van der Waals surface area contributed by atoms with Crippen molar-refractivity contribution in [1.82, 2.24) is 10.2 Å². The monoisotopic (exact) mass is 264 g/mol. The smallest absolute Gasteiger partial charge is 0.00504 e. The lowest BCUT2D eigenvalue weighted by atomic mass is 9.85. The first-order chi connectivity index (χ1) is 9.30. The lowest BCUT2D eigenvalue weighted by Crippen LogP contribution is -2.44. The van der Waals surface area contributed by atoms with Crippen LogP contribution >= 0.6 is 0 Å². The molecule has 0 aromatic carbocycles. The third kappa shape index (κ3) is 4.19. The van der Waals surface area contributed by atoms with Gasteiger partial charge in [0.2, 0.25) is 0 Å². The second-order valence-corrected chi connectivity index (χ2v) is 7.57. The number of hydrogen-bond donors (Lipinski definition) is 1. The fraction of sp³-hybridized carbons (Fsp3) is 1.00. The summed E-state index contributed by atoms with van der Waals surface area (Å²) in [4.78, 5) is 2.86. The highest BCUT2D eigenvalue weighted by atomic mass is 15.1. The van der Waals surface area contributed by atoms with Crippen LogP contribution in [-0.4, -0.2) is 37.6 Å². The minimum absolute atomic E-state index is 0.611. The van der Waals surface area contributed by atoms with Crippen LogP contribution in [0.5, 0.6) is 0 Å². The first kappa shape index (κ1) is 13.9. The van der Waals surface area contributed by atoms with Gasteiger partial charge < -0.3 is 10.2 Å². The van der Waals surface area contributed by atoms with Crippen LogP contribution in [0.25, 0.3) is 0 Å². The summed E-state index contributed by atoms with van der Waals surface area (Å²) in [5.41, 5.74) is 0.611. The molecule has 3 fully saturated rings. The molecular formula is C17H32N2. The van der Waals surface area contributed by atoms with Gasteiger partial charge in [-0.2, -0.15) is 0 Å². The summed E-state index contributed by atoms with van der Waals surface area (Å²) in [5, 5.41) is 3.65. The zero-order valence-corrected chi connectivity index (χ0v) is 12.8. The molecule has 1 N–H and O–H groups in total. The Labute approximate surface area is 119 Å². The van der Waals surface area contributed by atoms with E-state index in [1.807, 2.05) is 0 Å². The molecule has 0 heterocycles. The molecule has 0 aliphatic heterocycles. The first-order valence-electron chi connectivity index (χ1n) is 8.73. The van der Waals surface area contributed by atoms with E-state index in [9.17, 15) is 0 Å². The molecule has 0 bridgehead atoms. The van der Waals surface area contributed by atoms with Crippen LogP contribution < -0.4 is 5.32 Å². The molecule has 0 saturated heterocycles. The van der Waals surface area contributed by atoms with Gasteiger partial charge >= 0.3 is 0 Å². The molecule has 0 atom stereocenters. The zero-order chi connectivity index (χ0) is 13.1. The number of nitrogens with one attached hydrogen (secondary N) is 1. The van der Waals surface area contributed by atoms with Crippen molar-refractivity contribution in [3.05, 3.63) is 0 Å². The van der Waals surface area contributed by atoms with Gasteiger partial charge in [-0.05, 0) is 62.3 Å². The first-order valence-corrected chi connectivity index (χ1v) is 8.73. The minimum Gasteiger partial charge on any atom is -0.316 e. The van der Waals surface area contributed by atoms with Crippen molar-refractivity contribution >= 4 is 0 Å². The average Bonchev–Trinajstić information content (AvgIpc) is 3.31. The predicted octanol–water partition coefficient (Wildman–Crippen LogP) is 3.28. The highest BCUT2D eigenvalue weighted by molar-refractivity contribution is 4.92.